The Balaban J connectivity index is 2.28. The van der Waals surface area contributed by atoms with Gasteiger partial charge in [-0.3, -0.25) is 0 Å². The fourth-order valence-corrected chi connectivity index (χ4v) is 1.88. The van der Waals surface area contributed by atoms with Crippen LogP contribution in [-0.2, 0) is 6.18 Å². The van der Waals surface area contributed by atoms with Gasteiger partial charge in [0.25, 0.3) is 0 Å². The molecule has 0 aromatic heterocycles. The molecule has 0 saturated carbocycles. The van der Waals surface area contributed by atoms with Gasteiger partial charge in [-0.05, 0) is 58.7 Å². The van der Waals surface area contributed by atoms with Crippen molar-refractivity contribution in [3.05, 3.63) is 29.8 Å². The molecule has 21 heavy (non-hydrogen) atoms. The van der Waals surface area contributed by atoms with Crippen LogP contribution in [0, 0.1) is 0 Å². The standard InChI is InChI=1S/C16H24F3NO/c1-15(2,3)20-11-7-4-8-12-21-14-10-6-5-9-13(14)16(17,18)19/h5-6,9-10,20H,4,7-8,11-12H2,1-3H3. The first-order valence-corrected chi connectivity index (χ1v) is 7.24. The highest BCUT2D eigenvalue weighted by Gasteiger charge is 2.33. The number of unbranched alkanes of at least 4 members (excludes halogenated alkanes) is 2. The van der Waals surface area contributed by atoms with E-state index in [0.29, 0.717) is 6.61 Å². The molecule has 0 aliphatic rings. The minimum Gasteiger partial charge on any atom is -0.493 e. The lowest BCUT2D eigenvalue weighted by Gasteiger charge is -2.20. The number of nitrogens with one attached hydrogen (secondary N) is 1. The molecule has 0 saturated heterocycles. The second-order valence-corrected chi connectivity index (χ2v) is 6.08. The van der Waals surface area contributed by atoms with Crippen LogP contribution < -0.4 is 10.1 Å². The summed E-state index contributed by atoms with van der Waals surface area (Å²) in [4.78, 5) is 0. The van der Waals surface area contributed by atoms with Crippen LogP contribution >= 0.6 is 0 Å². The van der Waals surface area contributed by atoms with Crippen LogP contribution in [0.15, 0.2) is 24.3 Å². The van der Waals surface area contributed by atoms with E-state index in [4.69, 9.17) is 4.74 Å². The van der Waals surface area contributed by atoms with E-state index in [1.54, 1.807) is 6.07 Å². The lowest BCUT2D eigenvalue weighted by atomic mass is 10.1. The molecule has 1 rings (SSSR count). The molecule has 0 aliphatic carbocycles. The second-order valence-electron chi connectivity index (χ2n) is 6.08. The minimum absolute atomic E-state index is 0.0854. The van der Waals surface area contributed by atoms with Crippen molar-refractivity contribution >= 4 is 0 Å². The zero-order chi connectivity index (χ0) is 15.9. The molecule has 0 bridgehead atoms. The topological polar surface area (TPSA) is 21.3 Å². The molecule has 0 radical (unpaired) electrons. The van der Waals surface area contributed by atoms with Crippen LogP contribution in [-0.4, -0.2) is 18.7 Å². The van der Waals surface area contributed by atoms with Crippen molar-refractivity contribution in [1.82, 2.24) is 5.32 Å². The molecule has 0 atom stereocenters. The van der Waals surface area contributed by atoms with Gasteiger partial charge >= 0.3 is 6.18 Å². The summed E-state index contributed by atoms with van der Waals surface area (Å²) >= 11 is 0. The molecular formula is C16H24F3NO. The number of para-hydroxylation sites is 1. The average Bonchev–Trinajstić information content (AvgIpc) is 2.35. The van der Waals surface area contributed by atoms with Crippen LogP contribution in [0.25, 0.3) is 0 Å². The largest absolute Gasteiger partial charge is 0.493 e. The van der Waals surface area contributed by atoms with Crippen molar-refractivity contribution in [2.45, 2.75) is 51.7 Å². The normalized spacial score (nSPS) is 12.5. The number of rotatable bonds is 7. The molecule has 0 amide bonds. The molecule has 1 N–H and O–H groups in total. The molecule has 0 heterocycles. The van der Waals surface area contributed by atoms with Crippen molar-refractivity contribution in [1.29, 1.82) is 0 Å². The maximum atomic E-state index is 12.7. The maximum absolute atomic E-state index is 12.7. The first-order valence-electron chi connectivity index (χ1n) is 7.24. The highest BCUT2D eigenvalue weighted by molar-refractivity contribution is 5.35. The number of hydrogen-bond acceptors (Lipinski definition) is 2. The number of benzene rings is 1. The summed E-state index contributed by atoms with van der Waals surface area (Å²) in [7, 11) is 0. The van der Waals surface area contributed by atoms with Crippen LogP contribution in [0.5, 0.6) is 5.75 Å². The fraction of sp³-hybridized carbons (Fsp3) is 0.625. The minimum atomic E-state index is -4.37. The monoisotopic (exact) mass is 303 g/mol. The van der Waals surface area contributed by atoms with Crippen molar-refractivity contribution in [3.8, 4) is 5.75 Å². The van der Waals surface area contributed by atoms with Gasteiger partial charge in [0.05, 0.1) is 12.2 Å². The first-order chi connectivity index (χ1) is 9.70. The molecule has 0 aliphatic heterocycles. The molecular weight excluding hydrogens is 279 g/mol. The molecule has 0 unspecified atom stereocenters. The number of ether oxygens (including phenoxy) is 1. The van der Waals surface area contributed by atoms with Crippen molar-refractivity contribution in [2.75, 3.05) is 13.2 Å². The zero-order valence-corrected chi connectivity index (χ0v) is 12.9. The van der Waals surface area contributed by atoms with Crippen molar-refractivity contribution in [2.24, 2.45) is 0 Å². The summed E-state index contributed by atoms with van der Waals surface area (Å²) in [5, 5.41) is 3.37. The Morgan fingerprint density at radius 2 is 1.67 bits per heavy atom. The SMILES string of the molecule is CC(C)(C)NCCCCCOc1ccccc1C(F)(F)F. The summed E-state index contributed by atoms with van der Waals surface area (Å²) in [6, 6.07) is 5.33. The van der Waals surface area contributed by atoms with Gasteiger partial charge in [-0.25, -0.2) is 0 Å². The lowest BCUT2D eigenvalue weighted by Crippen LogP contribution is -2.36. The van der Waals surface area contributed by atoms with Crippen LogP contribution in [0.3, 0.4) is 0 Å². The van der Waals surface area contributed by atoms with E-state index < -0.39 is 11.7 Å². The highest BCUT2D eigenvalue weighted by atomic mass is 19.4. The van der Waals surface area contributed by atoms with Crippen molar-refractivity contribution < 1.29 is 17.9 Å². The van der Waals surface area contributed by atoms with E-state index in [-0.39, 0.29) is 11.3 Å². The molecule has 1 aromatic rings. The third-order valence-corrected chi connectivity index (χ3v) is 2.93. The molecule has 120 valence electrons. The molecule has 5 heteroatoms. The quantitative estimate of drug-likeness (QED) is 0.741. The third kappa shape index (κ3) is 7.37. The zero-order valence-electron chi connectivity index (χ0n) is 12.9. The van der Waals surface area contributed by atoms with Gasteiger partial charge in [-0.2, -0.15) is 13.2 Å². The van der Waals surface area contributed by atoms with Gasteiger partial charge in [-0.15, -0.1) is 0 Å². The van der Waals surface area contributed by atoms with Gasteiger partial charge in [0, 0.05) is 5.54 Å². The number of hydrogen-bond donors (Lipinski definition) is 1. The maximum Gasteiger partial charge on any atom is 0.419 e. The first kappa shape index (κ1) is 17.8. The summed E-state index contributed by atoms with van der Waals surface area (Å²) < 4.78 is 43.5. The van der Waals surface area contributed by atoms with E-state index in [9.17, 15) is 13.2 Å². The van der Waals surface area contributed by atoms with Gasteiger partial charge in [0.1, 0.15) is 5.75 Å². The van der Waals surface area contributed by atoms with Crippen molar-refractivity contribution in [3.63, 3.8) is 0 Å². The summed E-state index contributed by atoms with van der Waals surface area (Å²) in [5.74, 6) is -0.0854. The van der Waals surface area contributed by atoms with Gasteiger partial charge in [0.2, 0.25) is 0 Å². The van der Waals surface area contributed by atoms with Crippen LogP contribution in [0.1, 0.15) is 45.6 Å². The Morgan fingerprint density at radius 3 is 2.29 bits per heavy atom. The van der Waals surface area contributed by atoms with E-state index in [2.05, 4.69) is 26.1 Å². The lowest BCUT2D eigenvalue weighted by molar-refractivity contribution is -0.138. The molecule has 0 fully saturated rings. The Labute approximate surface area is 124 Å². The van der Waals surface area contributed by atoms with Gasteiger partial charge in [-0.1, -0.05) is 12.1 Å². The van der Waals surface area contributed by atoms with E-state index in [0.717, 1.165) is 31.9 Å². The molecule has 0 spiro atoms. The fourth-order valence-electron chi connectivity index (χ4n) is 1.88. The smallest absolute Gasteiger partial charge is 0.419 e. The van der Waals surface area contributed by atoms with E-state index in [1.165, 1.54) is 12.1 Å². The molecule has 1 aromatic carbocycles. The van der Waals surface area contributed by atoms with Gasteiger partial charge < -0.3 is 10.1 Å². The van der Waals surface area contributed by atoms with Gasteiger partial charge in [0.15, 0.2) is 0 Å². The average molecular weight is 303 g/mol. The Kier molecular flexibility index (Phi) is 6.52. The highest BCUT2D eigenvalue weighted by Crippen LogP contribution is 2.35. The second kappa shape index (κ2) is 7.69. The van der Waals surface area contributed by atoms with Crippen LogP contribution in [0.2, 0.25) is 0 Å². The predicted octanol–water partition coefficient (Wildman–Crippen LogP) is 4.64. The summed E-state index contributed by atoms with van der Waals surface area (Å²) in [6.07, 6.45) is -1.70. The number of halogens is 3. The number of alkyl halides is 3. The van der Waals surface area contributed by atoms with E-state index in [1.807, 2.05) is 0 Å². The summed E-state index contributed by atoms with van der Waals surface area (Å²) in [5.41, 5.74) is -0.610. The van der Waals surface area contributed by atoms with Crippen LogP contribution in [0.4, 0.5) is 13.2 Å². The molecule has 2 nitrogen and oxygen atoms in total. The predicted molar refractivity (Wildman–Crippen MR) is 78.5 cm³/mol. The van der Waals surface area contributed by atoms with E-state index >= 15 is 0 Å². The Morgan fingerprint density at radius 1 is 1.00 bits per heavy atom. The Bertz CT molecular complexity index is 424. The summed E-state index contributed by atoms with van der Waals surface area (Å²) in [6.45, 7) is 7.52. The Hall–Kier alpha value is -1.23. The third-order valence-electron chi connectivity index (χ3n) is 2.93.